The average Bonchev–Trinajstić information content (AvgIpc) is 2.88. The molecular weight excluding hydrogens is 272 g/mol. The lowest BCUT2D eigenvalue weighted by Gasteiger charge is -2.05. The van der Waals surface area contributed by atoms with E-state index >= 15 is 0 Å². The standard InChI is InChI=1S/C16H18OS2/c1-4-13-7-8-15(19-13)14(17)10-18-16-9-11(2)5-6-12(16)3/h5-9H,4,10H2,1-3H3. The summed E-state index contributed by atoms with van der Waals surface area (Å²) in [5.74, 6) is 0.754. The van der Waals surface area contributed by atoms with Gasteiger partial charge in [0.05, 0.1) is 10.6 Å². The number of rotatable bonds is 5. The Bertz CT molecular complexity index is 584. The highest BCUT2D eigenvalue weighted by atomic mass is 32.2. The van der Waals surface area contributed by atoms with Crippen LogP contribution in [0.4, 0.5) is 0 Å². The van der Waals surface area contributed by atoms with E-state index in [2.05, 4.69) is 45.0 Å². The summed E-state index contributed by atoms with van der Waals surface area (Å²) in [6.07, 6.45) is 1.00. The topological polar surface area (TPSA) is 17.1 Å². The van der Waals surface area contributed by atoms with E-state index in [4.69, 9.17) is 0 Å². The third-order valence-corrected chi connectivity index (χ3v) is 5.42. The molecule has 2 rings (SSSR count). The molecule has 0 saturated carbocycles. The summed E-state index contributed by atoms with van der Waals surface area (Å²) in [6.45, 7) is 6.29. The highest BCUT2D eigenvalue weighted by Crippen LogP contribution is 2.26. The van der Waals surface area contributed by atoms with Crippen LogP contribution in [0.25, 0.3) is 0 Å². The van der Waals surface area contributed by atoms with E-state index in [0.29, 0.717) is 5.75 Å². The predicted molar refractivity (Wildman–Crippen MR) is 84.7 cm³/mol. The van der Waals surface area contributed by atoms with Crippen LogP contribution in [-0.2, 0) is 6.42 Å². The summed E-state index contributed by atoms with van der Waals surface area (Å²) in [4.78, 5) is 15.5. The van der Waals surface area contributed by atoms with Crippen LogP contribution in [0.3, 0.4) is 0 Å². The number of hydrogen-bond acceptors (Lipinski definition) is 3. The number of benzene rings is 1. The molecule has 1 aromatic carbocycles. The summed E-state index contributed by atoms with van der Waals surface area (Å²) in [6, 6.07) is 10.4. The fourth-order valence-electron chi connectivity index (χ4n) is 1.80. The van der Waals surface area contributed by atoms with Gasteiger partial charge in [-0.25, -0.2) is 0 Å². The van der Waals surface area contributed by atoms with Crippen LogP contribution < -0.4 is 0 Å². The van der Waals surface area contributed by atoms with Crippen molar-refractivity contribution in [1.82, 2.24) is 0 Å². The molecule has 0 aliphatic heterocycles. The molecule has 19 heavy (non-hydrogen) atoms. The van der Waals surface area contributed by atoms with Crippen molar-refractivity contribution >= 4 is 28.9 Å². The molecule has 3 heteroatoms. The molecule has 0 N–H and O–H groups in total. The molecule has 0 bridgehead atoms. The van der Waals surface area contributed by atoms with Gasteiger partial charge in [0.1, 0.15) is 0 Å². The number of hydrogen-bond donors (Lipinski definition) is 0. The lowest BCUT2D eigenvalue weighted by atomic mass is 10.2. The Labute approximate surface area is 123 Å². The smallest absolute Gasteiger partial charge is 0.182 e. The van der Waals surface area contributed by atoms with Crippen LogP contribution in [0.2, 0.25) is 0 Å². The van der Waals surface area contributed by atoms with Crippen LogP contribution >= 0.6 is 23.1 Å². The minimum atomic E-state index is 0.232. The Hall–Kier alpha value is -1.06. The van der Waals surface area contributed by atoms with Crippen LogP contribution in [0.1, 0.15) is 32.6 Å². The summed E-state index contributed by atoms with van der Waals surface area (Å²) < 4.78 is 0. The molecule has 100 valence electrons. The van der Waals surface area contributed by atoms with Crippen molar-refractivity contribution in [3.05, 3.63) is 51.2 Å². The molecule has 0 radical (unpaired) electrons. The van der Waals surface area contributed by atoms with Crippen molar-refractivity contribution < 1.29 is 4.79 Å². The molecule has 0 aliphatic rings. The maximum Gasteiger partial charge on any atom is 0.182 e. The molecule has 2 aromatic rings. The number of aryl methyl sites for hydroxylation is 3. The Morgan fingerprint density at radius 2 is 2.00 bits per heavy atom. The normalized spacial score (nSPS) is 10.7. The summed E-state index contributed by atoms with van der Waals surface area (Å²) in [5.41, 5.74) is 2.48. The van der Waals surface area contributed by atoms with Gasteiger partial charge in [0.2, 0.25) is 0 Å². The molecule has 0 atom stereocenters. The van der Waals surface area contributed by atoms with Crippen molar-refractivity contribution in [3.63, 3.8) is 0 Å². The number of Topliss-reactive ketones (excluding diaryl/α,β-unsaturated/α-hetero) is 1. The van der Waals surface area contributed by atoms with Crippen LogP contribution in [-0.4, -0.2) is 11.5 Å². The monoisotopic (exact) mass is 290 g/mol. The number of carbonyl (C=O) groups is 1. The van der Waals surface area contributed by atoms with Gasteiger partial charge in [-0.15, -0.1) is 23.1 Å². The molecule has 0 spiro atoms. The highest BCUT2D eigenvalue weighted by molar-refractivity contribution is 8.00. The molecule has 0 saturated heterocycles. The van der Waals surface area contributed by atoms with Gasteiger partial charge in [-0.2, -0.15) is 0 Å². The largest absolute Gasteiger partial charge is 0.292 e. The molecule has 0 aliphatic carbocycles. The number of thiophene rings is 1. The zero-order valence-electron chi connectivity index (χ0n) is 11.5. The average molecular weight is 290 g/mol. The number of carbonyl (C=O) groups excluding carboxylic acids is 1. The van der Waals surface area contributed by atoms with Crippen LogP contribution in [0, 0.1) is 13.8 Å². The first-order valence-electron chi connectivity index (χ1n) is 6.42. The molecule has 1 nitrogen and oxygen atoms in total. The number of thioether (sulfide) groups is 1. The first-order valence-corrected chi connectivity index (χ1v) is 8.22. The molecule has 1 heterocycles. The van der Waals surface area contributed by atoms with E-state index < -0.39 is 0 Å². The van der Waals surface area contributed by atoms with Crippen molar-refractivity contribution in [3.8, 4) is 0 Å². The van der Waals surface area contributed by atoms with Gasteiger partial charge >= 0.3 is 0 Å². The molecule has 0 fully saturated rings. The van der Waals surface area contributed by atoms with Gasteiger partial charge in [-0.3, -0.25) is 4.79 Å². The first kappa shape index (κ1) is 14.4. The fourth-order valence-corrected chi connectivity index (χ4v) is 3.78. The van der Waals surface area contributed by atoms with Crippen molar-refractivity contribution in [2.75, 3.05) is 5.75 Å². The summed E-state index contributed by atoms with van der Waals surface area (Å²) in [7, 11) is 0. The Morgan fingerprint density at radius 3 is 2.68 bits per heavy atom. The minimum absolute atomic E-state index is 0.232. The first-order chi connectivity index (χ1) is 9.10. The Balaban J connectivity index is 2.02. The summed E-state index contributed by atoms with van der Waals surface area (Å²) in [5, 5.41) is 0. The minimum Gasteiger partial charge on any atom is -0.292 e. The highest BCUT2D eigenvalue weighted by Gasteiger charge is 2.10. The van der Waals surface area contributed by atoms with E-state index in [1.165, 1.54) is 20.9 Å². The van der Waals surface area contributed by atoms with Crippen molar-refractivity contribution in [1.29, 1.82) is 0 Å². The molecule has 1 aromatic heterocycles. The van der Waals surface area contributed by atoms with Crippen LogP contribution in [0.15, 0.2) is 35.2 Å². The zero-order valence-corrected chi connectivity index (χ0v) is 13.2. The number of ketones is 1. The molecular formula is C16H18OS2. The Kier molecular flexibility index (Phi) is 4.83. The van der Waals surface area contributed by atoms with Gasteiger partial charge in [0, 0.05) is 9.77 Å². The second-order valence-electron chi connectivity index (χ2n) is 4.60. The van der Waals surface area contributed by atoms with Gasteiger partial charge in [-0.1, -0.05) is 24.6 Å². The lowest BCUT2D eigenvalue weighted by Crippen LogP contribution is -1.99. The van der Waals surface area contributed by atoms with Gasteiger partial charge in [-0.05, 0) is 44.0 Å². The second-order valence-corrected chi connectivity index (χ2v) is 6.79. The maximum absolute atomic E-state index is 12.1. The molecule has 0 unspecified atom stereocenters. The third kappa shape index (κ3) is 3.71. The van der Waals surface area contributed by atoms with E-state index in [1.807, 2.05) is 6.07 Å². The third-order valence-electron chi connectivity index (χ3n) is 2.99. The lowest BCUT2D eigenvalue weighted by molar-refractivity contribution is 0.102. The molecule has 0 amide bonds. The fraction of sp³-hybridized carbons (Fsp3) is 0.312. The second kappa shape index (κ2) is 6.40. The predicted octanol–water partition coefficient (Wildman–Crippen LogP) is 4.90. The summed E-state index contributed by atoms with van der Waals surface area (Å²) >= 11 is 3.26. The zero-order chi connectivity index (χ0) is 13.8. The van der Waals surface area contributed by atoms with E-state index in [-0.39, 0.29) is 5.78 Å². The SMILES string of the molecule is CCc1ccc(C(=O)CSc2cc(C)ccc2C)s1. The van der Waals surface area contributed by atoms with E-state index in [0.717, 1.165) is 11.3 Å². The van der Waals surface area contributed by atoms with Gasteiger partial charge < -0.3 is 0 Å². The van der Waals surface area contributed by atoms with Crippen molar-refractivity contribution in [2.45, 2.75) is 32.1 Å². The van der Waals surface area contributed by atoms with Crippen molar-refractivity contribution in [2.24, 2.45) is 0 Å². The van der Waals surface area contributed by atoms with E-state index in [1.54, 1.807) is 23.1 Å². The van der Waals surface area contributed by atoms with Gasteiger partial charge in [0.15, 0.2) is 5.78 Å². The maximum atomic E-state index is 12.1. The Morgan fingerprint density at radius 1 is 1.21 bits per heavy atom. The van der Waals surface area contributed by atoms with Crippen LogP contribution in [0.5, 0.6) is 0 Å². The quantitative estimate of drug-likeness (QED) is 0.575. The van der Waals surface area contributed by atoms with E-state index in [9.17, 15) is 4.79 Å². The van der Waals surface area contributed by atoms with Gasteiger partial charge in [0.25, 0.3) is 0 Å².